The van der Waals surface area contributed by atoms with Crippen LogP contribution in [0.25, 0.3) is 0 Å². The Kier molecular flexibility index (Phi) is 4.01. The monoisotopic (exact) mass is 289 g/mol. The van der Waals surface area contributed by atoms with Gasteiger partial charge in [0, 0.05) is 37.3 Å². The third-order valence-electron chi connectivity index (χ3n) is 4.65. The summed E-state index contributed by atoms with van der Waals surface area (Å²) in [5.41, 5.74) is 7.01. The topological polar surface area (TPSA) is 67.6 Å². The average Bonchev–Trinajstić information content (AvgIpc) is 3.09. The van der Waals surface area contributed by atoms with Crippen molar-refractivity contribution in [2.24, 2.45) is 5.92 Å². The van der Waals surface area contributed by atoms with Crippen molar-refractivity contribution in [2.75, 3.05) is 31.2 Å². The lowest BCUT2D eigenvalue weighted by Crippen LogP contribution is -2.34. The molecule has 0 radical (unpaired) electrons. The molecule has 1 aliphatic carbocycles. The molecule has 5 heteroatoms. The summed E-state index contributed by atoms with van der Waals surface area (Å²) in [4.78, 5) is 14.6. The summed E-state index contributed by atoms with van der Waals surface area (Å²) < 4.78 is 5.24. The minimum Gasteiger partial charge on any atom is -0.494 e. The number of benzene rings is 1. The fraction of sp³-hybridized carbons (Fsp3) is 0.562. The summed E-state index contributed by atoms with van der Waals surface area (Å²) in [7, 11) is 1.57. The number of nitrogens with two attached hydrogens (primary N) is 1. The molecule has 1 aliphatic heterocycles. The number of rotatable bonds is 5. The van der Waals surface area contributed by atoms with Crippen LogP contribution in [0.5, 0.6) is 5.75 Å². The zero-order chi connectivity index (χ0) is 14.8. The predicted octanol–water partition coefficient (Wildman–Crippen LogP) is 2.09. The van der Waals surface area contributed by atoms with E-state index in [1.54, 1.807) is 25.3 Å². The van der Waals surface area contributed by atoms with Crippen molar-refractivity contribution >= 4 is 17.3 Å². The number of fused-ring (bicyclic) bond motifs is 2. The van der Waals surface area contributed by atoms with E-state index >= 15 is 0 Å². The molecule has 0 aromatic heterocycles. The average molecular weight is 289 g/mol. The number of hydrogen-bond donors (Lipinski definition) is 2. The Bertz CT molecular complexity index is 532. The Hall–Kier alpha value is -1.75. The zero-order valence-corrected chi connectivity index (χ0v) is 12.5. The molecule has 2 unspecified atom stereocenters. The molecule has 21 heavy (non-hydrogen) atoms. The lowest BCUT2D eigenvalue weighted by Gasteiger charge is -2.26. The number of piperidine rings is 1. The molecule has 1 aromatic rings. The summed E-state index contributed by atoms with van der Waals surface area (Å²) in [6.45, 7) is 2.02. The van der Waals surface area contributed by atoms with Gasteiger partial charge in [0.2, 0.25) is 5.91 Å². The Morgan fingerprint density at radius 1 is 1.48 bits per heavy atom. The number of amides is 1. The minimum absolute atomic E-state index is 0.0286. The molecule has 114 valence electrons. The normalized spacial score (nSPS) is 24.2. The van der Waals surface area contributed by atoms with E-state index in [4.69, 9.17) is 10.5 Å². The molecule has 1 saturated heterocycles. The van der Waals surface area contributed by atoms with E-state index < -0.39 is 0 Å². The van der Waals surface area contributed by atoms with Crippen LogP contribution >= 0.6 is 0 Å². The van der Waals surface area contributed by atoms with Crippen LogP contribution in [-0.2, 0) is 4.79 Å². The maximum absolute atomic E-state index is 12.1. The maximum Gasteiger partial charge on any atom is 0.225 e. The molecule has 2 fully saturated rings. The zero-order valence-electron chi connectivity index (χ0n) is 12.5. The number of anilines is 2. The molecular formula is C16H23N3O2. The van der Waals surface area contributed by atoms with Crippen LogP contribution in [0.15, 0.2) is 18.2 Å². The first-order chi connectivity index (χ1) is 10.2. The van der Waals surface area contributed by atoms with Gasteiger partial charge in [-0.2, -0.15) is 0 Å². The third-order valence-corrected chi connectivity index (χ3v) is 4.65. The van der Waals surface area contributed by atoms with Crippen LogP contribution in [0.1, 0.15) is 25.7 Å². The Morgan fingerprint density at radius 3 is 3.00 bits per heavy atom. The second-order valence-corrected chi connectivity index (χ2v) is 6.09. The summed E-state index contributed by atoms with van der Waals surface area (Å²) in [5, 5.41) is 2.91. The fourth-order valence-corrected chi connectivity index (χ4v) is 3.57. The molecule has 3 N–H and O–H groups in total. The number of carbonyl (C=O) groups is 1. The standard InChI is InChI=1S/C16H23N3O2/c1-21-15-9-12(17)3-5-14(15)18-16(20)6-7-19-10-11-2-4-13(19)8-11/h3,5,9,11,13H,2,4,6-8,10,17H2,1H3,(H,18,20). The second-order valence-electron chi connectivity index (χ2n) is 6.09. The van der Waals surface area contributed by atoms with Crippen molar-refractivity contribution in [2.45, 2.75) is 31.7 Å². The van der Waals surface area contributed by atoms with Gasteiger partial charge in [0.1, 0.15) is 5.75 Å². The van der Waals surface area contributed by atoms with Gasteiger partial charge in [-0.25, -0.2) is 0 Å². The smallest absolute Gasteiger partial charge is 0.225 e. The van der Waals surface area contributed by atoms with E-state index in [1.165, 1.54) is 25.8 Å². The summed E-state index contributed by atoms with van der Waals surface area (Å²) in [6, 6.07) is 5.98. The highest BCUT2D eigenvalue weighted by molar-refractivity contribution is 5.92. The number of hydrogen-bond acceptors (Lipinski definition) is 4. The quantitative estimate of drug-likeness (QED) is 0.815. The number of nitrogens with one attached hydrogen (secondary N) is 1. The van der Waals surface area contributed by atoms with Crippen molar-refractivity contribution in [3.05, 3.63) is 18.2 Å². The Labute approximate surface area is 125 Å². The third kappa shape index (κ3) is 3.13. The van der Waals surface area contributed by atoms with Gasteiger partial charge in [-0.15, -0.1) is 0 Å². The number of methoxy groups -OCH3 is 1. The number of carbonyl (C=O) groups excluding carboxylic acids is 1. The van der Waals surface area contributed by atoms with E-state index in [0.29, 0.717) is 29.6 Å². The van der Waals surface area contributed by atoms with Crippen LogP contribution in [0.4, 0.5) is 11.4 Å². The highest BCUT2D eigenvalue weighted by Gasteiger charge is 2.37. The van der Waals surface area contributed by atoms with E-state index in [-0.39, 0.29) is 5.91 Å². The largest absolute Gasteiger partial charge is 0.494 e. The van der Waals surface area contributed by atoms with Gasteiger partial charge >= 0.3 is 0 Å². The van der Waals surface area contributed by atoms with Gasteiger partial charge in [0.25, 0.3) is 0 Å². The molecule has 2 bridgehead atoms. The molecule has 1 heterocycles. The summed E-state index contributed by atoms with van der Waals surface area (Å²) in [5.74, 6) is 1.50. The highest BCUT2D eigenvalue weighted by atomic mass is 16.5. The molecule has 1 aromatic carbocycles. The fourth-order valence-electron chi connectivity index (χ4n) is 3.57. The van der Waals surface area contributed by atoms with Gasteiger partial charge in [-0.05, 0) is 37.3 Å². The van der Waals surface area contributed by atoms with Crippen LogP contribution in [0.3, 0.4) is 0 Å². The SMILES string of the molecule is COc1cc(N)ccc1NC(=O)CCN1CC2CCC1C2. The van der Waals surface area contributed by atoms with E-state index in [0.717, 1.165) is 12.5 Å². The number of nitrogens with zero attached hydrogens (tertiary/aromatic N) is 1. The predicted molar refractivity (Wildman–Crippen MR) is 83.4 cm³/mol. The summed E-state index contributed by atoms with van der Waals surface area (Å²) >= 11 is 0. The summed E-state index contributed by atoms with van der Waals surface area (Å²) in [6.07, 6.45) is 4.53. The molecule has 5 nitrogen and oxygen atoms in total. The Balaban J connectivity index is 1.52. The van der Waals surface area contributed by atoms with Crippen molar-refractivity contribution < 1.29 is 9.53 Å². The van der Waals surface area contributed by atoms with Crippen molar-refractivity contribution in [3.8, 4) is 5.75 Å². The maximum atomic E-state index is 12.1. The lowest BCUT2D eigenvalue weighted by atomic mass is 10.1. The Morgan fingerprint density at radius 2 is 2.33 bits per heavy atom. The number of ether oxygens (including phenoxy) is 1. The molecular weight excluding hydrogens is 266 g/mol. The van der Waals surface area contributed by atoms with Gasteiger partial charge in [0.05, 0.1) is 12.8 Å². The van der Waals surface area contributed by atoms with Gasteiger partial charge in [0.15, 0.2) is 0 Å². The van der Waals surface area contributed by atoms with Crippen LogP contribution in [-0.4, -0.2) is 37.0 Å². The van der Waals surface area contributed by atoms with E-state index in [2.05, 4.69) is 10.2 Å². The molecule has 1 amide bonds. The van der Waals surface area contributed by atoms with Gasteiger partial charge < -0.3 is 15.8 Å². The molecule has 0 spiro atoms. The van der Waals surface area contributed by atoms with Gasteiger partial charge in [-0.1, -0.05) is 0 Å². The minimum atomic E-state index is 0.0286. The highest BCUT2D eigenvalue weighted by Crippen LogP contribution is 2.37. The molecule has 3 rings (SSSR count). The first-order valence-corrected chi connectivity index (χ1v) is 7.63. The number of nitrogen functional groups attached to an aromatic ring is 1. The first-order valence-electron chi connectivity index (χ1n) is 7.63. The van der Waals surface area contributed by atoms with Crippen molar-refractivity contribution in [1.29, 1.82) is 0 Å². The second kappa shape index (κ2) is 5.93. The lowest BCUT2D eigenvalue weighted by molar-refractivity contribution is -0.116. The van der Waals surface area contributed by atoms with Gasteiger partial charge in [-0.3, -0.25) is 9.69 Å². The van der Waals surface area contributed by atoms with Crippen molar-refractivity contribution in [3.63, 3.8) is 0 Å². The molecule has 1 saturated carbocycles. The molecule has 2 aliphatic rings. The van der Waals surface area contributed by atoms with E-state index in [1.807, 2.05) is 0 Å². The molecule has 2 atom stereocenters. The van der Waals surface area contributed by atoms with Crippen LogP contribution in [0, 0.1) is 5.92 Å². The van der Waals surface area contributed by atoms with Crippen molar-refractivity contribution in [1.82, 2.24) is 4.90 Å². The number of likely N-dealkylation sites (tertiary alicyclic amines) is 1. The van der Waals surface area contributed by atoms with E-state index in [9.17, 15) is 4.79 Å². The first kappa shape index (κ1) is 14.2. The van der Waals surface area contributed by atoms with Crippen LogP contribution < -0.4 is 15.8 Å². The van der Waals surface area contributed by atoms with Crippen LogP contribution in [0.2, 0.25) is 0 Å².